The average Bonchev–Trinajstić information content (AvgIpc) is 2.62. The van der Waals surface area contributed by atoms with Crippen molar-refractivity contribution in [2.24, 2.45) is 0 Å². The molecular formula is C18H24O8. The van der Waals surface area contributed by atoms with Gasteiger partial charge in [0.2, 0.25) is 0 Å². The highest BCUT2D eigenvalue weighted by atomic mass is 16.8. The maximum absolute atomic E-state index is 12.3. The van der Waals surface area contributed by atoms with Gasteiger partial charge in [0.05, 0.1) is 24.3 Å². The van der Waals surface area contributed by atoms with Gasteiger partial charge in [-0.1, -0.05) is 0 Å². The third-order valence-electron chi connectivity index (χ3n) is 4.29. The molecule has 8 nitrogen and oxygen atoms in total. The standard InChI is InChI=1S/C18H24O8/c1-7-23-15(19)11-9-13-14(10-12(11)16(20)24-8-2)26-18(4,22-6)17(3,21-5)25-13/h9-10H,7-8H2,1-6H3/t17-,18-/m1/s1. The molecule has 8 heteroatoms. The molecule has 0 aliphatic carbocycles. The first kappa shape index (κ1) is 20.0. The van der Waals surface area contributed by atoms with Crippen LogP contribution in [0.3, 0.4) is 0 Å². The highest BCUT2D eigenvalue weighted by Crippen LogP contribution is 2.45. The Morgan fingerprint density at radius 1 is 0.846 bits per heavy atom. The summed E-state index contributed by atoms with van der Waals surface area (Å²) in [5, 5.41) is 0. The number of fused-ring (bicyclic) bond motifs is 1. The predicted molar refractivity (Wildman–Crippen MR) is 90.4 cm³/mol. The first-order chi connectivity index (χ1) is 12.2. The van der Waals surface area contributed by atoms with E-state index in [0.29, 0.717) is 0 Å². The first-order valence-corrected chi connectivity index (χ1v) is 8.25. The Kier molecular flexibility index (Phi) is 5.77. The minimum Gasteiger partial charge on any atom is -0.462 e. The maximum Gasteiger partial charge on any atom is 0.339 e. The number of esters is 2. The summed E-state index contributed by atoms with van der Waals surface area (Å²) in [7, 11) is 2.90. The van der Waals surface area contributed by atoms with Crippen molar-refractivity contribution >= 4 is 11.9 Å². The number of hydrogen-bond donors (Lipinski definition) is 0. The lowest BCUT2D eigenvalue weighted by Gasteiger charge is -2.46. The minimum atomic E-state index is -1.29. The van der Waals surface area contributed by atoms with Gasteiger partial charge in [0.25, 0.3) is 11.6 Å². The van der Waals surface area contributed by atoms with Crippen LogP contribution < -0.4 is 9.47 Å². The number of benzene rings is 1. The second kappa shape index (κ2) is 7.51. The molecule has 2 rings (SSSR count). The van der Waals surface area contributed by atoms with E-state index in [-0.39, 0.29) is 35.8 Å². The fourth-order valence-electron chi connectivity index (χ4n) is 2.53. The number of ether oxygens (including phenoxy) is 6. The number of carbonyl (C=O) groups is 2. The molecule has 0 unspecified atom stereocenters. The monoisotopic (exact) mass is 368 g/mol. The summed E-state index contributed by atoms with van der Waals surface area (Å²) < 4.78 is 32.7. The summed E-state index contributed by atoms with van der Waals surface area (Å²) in [6, 6.07) is 2.76. The van der Waals surface area contributed by atoms with Crippen molar-refractivity contribution < 1.29 is 38.0 Å². The van der Waals surface area contributed by atoms with Crippen molar-refractivity contribution in [3.8, 4) is 11.5 Å². The number of methoxy groups -OCH3 is 2. The van der Waals surface area contributed by atoms with Gasteiger partial charge in [0, 0.05) is 28.1 Å². The summed E-state index contributed by atoms with van der Waals surface area (Å²) in [5.74, 6) is -3.46. The lowest BCUT2D eigenvalue weighted by Crippen LogP contribution is -2.62. The van der Waals surface area contributed by atoms with E-state index >= 15 is 0 Å². The normalized spacial score (nSPS) is 24.1. The first-order valence-electron chi connectivity index (χ1n) is 8.25. The van der Waals surface area contributed by atoms with E-state index in [1.807, 2.05) is 0 Å². The summed E-state index contributed by atoms with van der Waals surface area (Å²) in [5.41, 5.74) is 0.0410. The topological polar surface area (TPSA) is 89.5 Å². The van der Waals surface area contributed by atoms with Crippen LogP contribution in [0.15, 0.2) is 12.1 Å². The number of hydrogen-bond acceptors (Lipinski definition) is 8. The molecule has 1 aromatic rings. The molecule has 1 aliphatic heterocycles. The zero-order chi connectivity index (χ0) is 19.5. The van der Waals surface area contributed by atoms with Gasteiger partial charge in [-0.3, -0.25) is 0 Å². The largest absolute Gasteiger partial charge is 0.462 e. The van der Waals surface area contributed by atoms with Crippen LogP contribution >= 0.6 is 0 Å². The molecule has 0 aromatic heterocycles. The van der Waals surface area contributed by atoms with Crippen LogP contribution in [-0.2, 0) is 18.9 Å². The summed E-state index contributed by atoms with van der Waals surface area (Å²) in [6.07, 6.45) is 0. The zero-order valence-electron chi connectivity index (χ0n) is 15.8. The molecule has 0 radical (unpaired) electrons. The third-order valence-corrected chi connectivity index (χ3v) is 4.29. The third kappa shape index (κ3) is 3.34. The molecule has 0 N–H and O–H groups in total. The molecule has 144 valence electrons. The van der Waals surface area contributed by atoms with Gasteiger partial charge in [-0.25, -0.2) is 9.59 Å². The van der Waals surface area contributed by atoms with Crippen LogP contribution in [0.1, 0.15) is 48.4 Å². The molecule has 26 heavy (non-hydrogen) atoms. The Hall–Kier alpha value is -2.32. The number of carbonyl (C=O) groups excluding carboxylic acids is 2. The van der Waals surface area contributed by atoms with Crippen molar-refractivity contribution in [2.45, 2.75) is 39.3 Å². The Bertz CT molecular complexity index is 642. The van der Waals surface area contributed by atoms with E-state index in [4.69, 9.17) is 28.4 Å². The van der Waals surface area contributed by atoms with Crippen molar-refractivity contribution in [1.82, 2.24) is 0 Å². The predicted octanol–water partition coefficient (Wildman–Crippen LogP) is 2.54. The van der Waals surface area contributed by atoms with Gasteiger partial charge in [0.15, 0.2) is 11.5 Å². The van der Waals surface area contributed by atoms with Crippen LogP contribution in [0, 0.1) is 0 Å². The molecule has 0 amide bonds. The van der Waals surface area contributed by atoms with Gasteiger partial charge in [-0.15, -0.1) is 0 Å². The summed E-state index contributed by atoms with van der Waals surface area (Å²) in [4.78, 5) is 24.6. The average molecular weight is 368 g/mol. The van der Waals surface area contributed by atoms with Crippen LogP contribution in [-0.4, -0.2) is 50.9 Å². The SMILES string of the molecule is CCOC(=O)c1cc2c(cc1C(=O)OCC)O[C@@](C)(OC)[C@](C)(OC)O2. The Morgan fingerprint density at radius 2 is 1.19 bits per heavy atom. The van der Waals surface area contributed by atoms with E-state index in [0.717, 1.165) is 0 Å². The zero-order valence-corrected chi connectivity index (χ0v) is 15.8. The van der Waals surface area contributed by atoms with Crippen molar-refractivity contribution in [3.05, 3.63) is 23.3 Å². The lowest BCUT2D eigenvalue weighted by molar-refractivity contribution is -0.345. The van der Waals surface area contributed by atoms with Gasteiger partial charge >= 0.3 is 11.9 Å². The highest BCUT2D eigenvalue weighted by Gasteiger charge is 2.55. The quantitative estimate of drug-likeness (QED) is 0.708. The minimum absolute atomic E-state index is 0.0205. The van der Waals surface area contributed by atoms with E-state index in [9.17, 15) is 9.59 Å². The molecule has 0 spiro atoms. The Labute approximate surface area is 152 Å². The van der Waals surface area contributed by atoms with Crippen LogP contribution in [0.5, 0.6) is 11.5 Å². The highest BCUT2D eigenvalue weighted by molar-refractivity contribution is 6.04. The molecule has 0 saturated carbocycles. The second-order valence-corrected chi connectivity index (χ2v) is 5.79. The molecule has 1 aliphatic rings. The molecule has 1 heterocycles. The number of rotatable bonds is 6. The molecule has 1 aromatic carbocycles. The fourth-order valence-corrected chi connectivity index (χ4v) is 2.53. The van der Waals surface area contributed by atoms with Crippen molar-refractivity contribution in [2.75, 3.05) is 27.4 Å². The van der Waals surface area contributed by atoms with Crippen LogP contribution in [0.4, 0.5) is 0 Å². The van der Waals surface area contributed by atoms with Gasteiger partial charge < -0.3 is 28.4 Å². The van der Waals surface area contributed by atoms with E-state index < -0.39 is 23.5 Å². The molecular weight excluding hydrogens is 344 g/mol. The molecule has 0 fully saturated rings. The van der Waals surface area contributed by atoms with E-state index in [2.05, 4.69) is 0 Å². The van der Waals surface area contributed by atoms with Gasteiger partial charge in [-0.2, -0.15) is 0 Å². The smallest absolute Gasteiger partial charge is 0.339 e. The lowest BCUT2D eigenvalue weighted by atomic mass is 10.0. The molecule has 2 atom stereocenters. The fraction of sp³-hybridized carbons (Fsp3) is 0.556. The summed E-state index contributed by atoms with van der Waals surface area (Å²) in [6.45, 7) is 6.95. The Balaban J connectivity index is 2.59. The summed E-state index contributed by atoms with van der Waals surface area (Å²) >= 11 is 0. The molecule has 0 saturated heterocycles. The molecule has 0 bridgehead atoms. The van der Waals surface area contributed by atoms with E-state index in [1.165, 1.54) is 26.4 Å². The van der Waals surface area contributed by atoms with Crippen molar-refractivity contribution in [1.29, 1.82) is 0 Å². The Morgan fingerprint density at radius 3 is 1.46 bits per heavy atom. The van der Waals surface area contributed by atoms with Gasteiger partial charge in [0.1, 0.15) is 0 Å². The van der Waals surface area contributed by atoms with Crippen LogP contribution in [0.2, 0.25) is 0 Å². The van der Waals surface area contributed by atoms with E-state index in [1.54, 1.807) is 27.7 Å². The van der Waals surface area contributed by atoms with Gasteiger partial charge in [-0.05, 0) is 26.0 Å². The maximum atomic E-state index is 12.3. The van der Waals surface area contributed by atoms with Crippen molar-refractivity contribution in [3.63, 3.8) is 0 Å². The van der Waals surface area contributed by atoms with Crippen LogP contribution in [0.25, 0.3) is 0 Å². The second-order valence-electron chi connectivity index (χ2n) is 5.79.